The van der Waals surface area contributed by atoms with Crippen molar-refractivity contribution in [1.29, 1.82) is 0 Å². The summed E-state index contributed by atoms with van der Waals surface area (Å²) in [7, 11) is 0. The number of ether oxygens (including phenoxy) is 1. The molecule has 2 aromatic carbocycles. The molecular weight excluding hydrogens is 515 g/mol. The fourth-order valence-electron chi connectivity index (χ4n) is 4.15. The second-order valence-electron chi connectivity index (χ2n) is 9.62. The van der Waals surface area contributed by atoms with Crippen LogP contribution in [0.2, 0.25) is 0 Å². The Morgan fingerprint density at radius 2 is 1.78 bits per heavy atom. The lowest BCUT2D eigenvalue weighted by atomic mass is 10.1. The molecule has 0 bridgehead atoms. The Morgan fingerprint density at radius 1 is 1.08 bits per heavy atom. The molecular formula is C25H27ClF3N3O3S. The Hall–Kier alpha value is -2.59. The highest BCUT2D eigenvalue weighted by atomic mass is 35.5. The molecule has 2 aliphatic heterocycles. The van der Waals surface area contributed by atoms with Gasteiger partial charge in [0.1, 0.15) is 5.60 Å². The molecule has 1 N–H and O–H groups in total. The van der Waals surface area contributed by atoms with Crippen LogP contribution in [0.3, 0.4) is 0 Å². The topological polar surface area (TPSA) is 61.9 Å². The second kappa shape index (κ2) is 10.0. The molecule has 2 amide bonds. The summed E-state index contributed by atoms with van der Waals surface area (Å²) in [5, 5.41) is 2.52. The molecule has 2 aromatic rings. The molecule has 0 spiro atoms. The molecule has 36 heavy (non-hydrogen) atoms. The highest BCUT2D eigenvalue weighted by Crippen LogP contribution is 2.54. The summed E-state index contributed by atoms with van der Waals surface area (Å²) < 4.78 is 47.1. The van der Waals surface area contributed by atoms with Crippen molar-refractivity contribution in [3.8, 4) is 0 Å². The number of carbonyl (C=O) groups excluding carboxylic acids is 2. The van der Waals surface area contributed by atoms with Crippen LogP contribution >= 0.6 is 23.4 Å². The molecule has 0 saturated carbocycles. The van der Waals surface area contributed by atoms with Crippen LogP contribution in [-0.2, 0) is 15.7 Å². The maximum Gasteiger partial charge on any atom is 0.419 e. The molecule has 2 heterocycles. The minimum Gasteiger partial charge on any atom is -0.443 e. The van der Waals surface area contributed by atoms with Crippen LogP contribution in [-0.4, -0.2) is 36.6 Å². The van der Waals surface area contributed by atoms with Gasteiger partial charge >= 0.3 is 12.3 Å². The van der Waals surface area contributed by atoms with Crippen LogP contribution in [0.25, 0.3) is 0 Å². The number of amides is 2. The van der Waals surface area contributed by atoms with Crippen LogP contribution in [0.1, 0.15) is 45.6 Å². The van der Waals surface area contributed by atoms with E-state index in [4.69, 9.17) is 16.3 Å². The van der Waals surface area contributed by atoms with Crippen LogP contribution in [0.15, 0.2) is 40.1 Å². The fraction of sp³-hybridized carbons (Fsp3) is 0.440. The highest BCUT2D eigenvalue weighted by molar-refractivity contribution is 7.99. The zero-order valence-corrected chi connectivity index (χ0v) is 21.7. The van der Waals surface area contributed by atoms with Gasteiger partial charge in [-0.2, -0.15) is 13.2 Å². The molecule has 11 heteroatoms. The van der Waals surface area contributed by atoms with Crippen molar-refractivity contribution < 1.29 is 27.5 Å². The van der Waals surface area contributed by atoms with E-state index in [0.717, 1.165) is 55.5 Å². The number of nitrogens with zero attached hydrogens (tertiary/aromatic N) is 2. The third kappa shape index (κ3) is 5.70. The molecule has 0 atom stereocenters. The summed E-state index contributed by atoms with van der Waals surface area (Å²) in [6.45, 7) is 6.91. The standard InChI is InChI=1S/C25H27ClF3N3O3S/c1-24(2,3)35-23(34)32-18-7-6-16(31-10-4-5-11-31)14-19(18)36-20-13-15(25(27,28)29)12-17(22(20)32)30-21(33)8-9-26/h6-7,12-14H,4-5,8-11H2,1-3H3,(H,30,33). The molecule has 194 valence electrons. The molecule has 1 saturated heterocycles. The lowest BCUT2D eigenvalue weighted by Gasteiger charge is -2.35. The van der Waals surface area contributed by atoms with E-state index in [-0.39, 0.29) is 28.6 Å². The molecule has 4 rings (SSSR count). The van der Waals surface area contributed by atoms with Crippen molar-refractivity contribution in [2.24, 2.45) is 0 Å². The van der Waals surface area contributed by atoms with Crippen LogP contribution in [0.4, 0.5) is 40.7 Å². The summed E-state index contributed by atoms with van der Waals surface area (Å²) in [4.78, 5) is 30.1. The first-order chi connectivity index (χ1) is 16.9. The van der Waals surface area contributed by atoms with E-state index >= 15 is 0 Å². The largest absolute Gasteiger partial charge is 0.443 e. The summed E-state index contributed by atoms with van der Waals surface area (Å²) in [6.07, 6.45) is -3.38. The Kier molecular flexibility index (Phi) is 7.39. The lowest BCUT2D eigenvalue weighted by molar-refractivity contribution is -0.137. The zero-order valence-electron chi connectivity index (χ0n) is 20.2. The number of hydrogen-bond donors (Lipinski definition) is 1. The normalized spacial score (nSPS) is 15.4. The first-order valence-electron chi connectivity index (χ1n) is 11.6. The van der Waals surface area contributed by atoms with Crippen LogP contribution in [0.5, 0.6) is 0 Å². The summed E-state index contributed by atoms with van der Waals surface area (Å²) in [5.41, 5.74) is -0.385. The van der Waals surface area contributed by atoms with E-state index in [9.17, 15) is 22.8 Å². The number of nitrogens with one attached hydrogen (secondary N) is 1. The minimum atomic E-state index is -4.66. The first-order valence-corrected chi connectivity index (χ1v) is 12.9. The van der Waals surface area contributed by atoms with Crippen molar-refractivity contribution >= 4 is 58.1 Å². The average molecular weight is 542 g/mol. The highest BCUT2D eigenvalue weighted by Gasteiger charge is 2.38. The number of benzene rings is 2. The predicted molar refractivity (Wildman–Crippen MR) is 136 cm³/mol. The third-order valence-corrected chi connectivity index (χ3v) is 6.94. The van der Waals surface area contributed by atoms with Crippen LogP contribution in [0, 0.1) is 0 Å². The van der Waals surface area contributed by atoms with Gasteiger partial charge in [0.2, 0.25) is 5.91 Å². The van der Waals surface area contributed by atoms with Crippen molar-refractivity contribution in [3.63, 3.8) is 0 Å². The van der Waals surface area contributed by atoms with Gasteiger partial charge in [0.25, 0.3) is 0 Å². The molecule has 6 nitrogen and oxygen atoms in total. The quantitative estimate of drug-likeness (QED) is 0.408. The Balaban J connectivity index is 1.89. The summed E-state index contributed by atoms with van der Waals surface area (Å²) in [6, 6.07) is 7.39. The lowest BCUT2D eigenvalue weighted by Crippen LogP contribution is -2.36. The SMILES string of the molecule is CC(C)(C)OC(=O)N1c2ccc(N3CCCC3)cc2Sc2cc(C(F)(F)F)cc(NC(=O)CCCl)c21. The van der Waals surface area contributed by atoms with Gasteiger partial charge in [-0.25, -0.2) is 9.69 Å². The summed E-state index contributed by atoms with van der Waals surface area (Å²) in [5.74, 6) is -0.560. The number of fused-ring (bicyclic) bond motifs is 2. The number of carbonyl (C=O) groups is 2. The van der Waals surface area contributed by atoms with E-state index in [1.807, 2.05) is 12.1 Å². The average Bonchev–Trinajstić information content (AvgIpc) is 3.30. The molecule has 0 radical (unpaired) electrons. The van der Waals surface area contributed by atoms with Gasteiger partial charge in [-0.1, -0.05) is 11.8 Å². The number of alkyl halides is 4. The number of halogens is 4. The van der Waals surface area contributed by atoms with Crippen molar-refractivity contribution in [2.45, 2.75) is 61.6 Å². The van der Waals surface area contributed by atoms with Gasteiger partial charge in [-0.3, -0.25) is 4.79 Å². The minimum absolute atomic E-state index is 0.000371. The van der Waals surface area contributed by atoms with E-state index in [1.54, 1.807) is 26.8 Å². The van der Waals surface area contributed by atoms with Gasteiger partial charge in [0.15, 0.2) is 0 Å². The van der Waals surface area contributed by atoms with Crippen molar-refractivity contribution in [3.05, 3.63) is 35.9 Å². The van der Waals surface area contributed by atoms with Crippen LogP contribution < -0.4 is 15.1 Å². The molecule has 0 unspecified atom stereocenters. The molecule has 2 aliphatic rings. The number of anilines is 4. The maximum absolute atomic E-state index is 13.8. The maximum atomic E-state index is 13.8. The second-order valence-corrected chi connectivity index (χ2v) is 11.1. The Morgan fingerprint density at radius 3 is 2.39 bits per heavy atom. The molecule has 0 aromatic heterocycles. The first kappa shape index (κ1) is 26.5. The van der Waals surface area contributed by atoms with Gasteiger partial charge in [0.05, 0.1) is 22.6 Å². The zero-order chi connectivity index (χ0) is 26.3. The van der Waals surface area contributed by atoms with Gasteiger partial charge in [-0.05, 0) is 63.9 Å². The number of hydrogen-bond acceptors (Lipinski definition) is 5. The van der Waals surface area contributed by atoms with Gasteiger partial charge in [-0.15, -0.1) is 11.6 Å². The van der Waals surface area contributed by atoms with Gasteiger partial charge < -0.3 is 15.0 Å². The third-order valence-electron chi connectivity index (χ3n) is 5.67. The smallest absolute Gasteiger partial charge is 0.419 e. The Labute approximate surface area is 217 Å². The molecule has 0 aliphatic carbocycles. The predicted octanol–water partition coefficient (Wildman–Crippen LogP) is 7.41. The van der Waals surface area contributed by atoms with E-state index < -0.39 is 29.3 Å². The molecule has 1 fully saturated rings. The monoisotopic (exact) mass is 541 g/mol. The number of rotatable bonds is 4. The van der Waals surface area contributed by atoms with E-state index in [0.29, 0.717) is 10.6 Å². The fourth-order valence-corrected chi connectivity index (χ4v) is 5.49. The van der Waals surface area contributed by atoms with Crippen molar-refractivity contribution in [2.75, 3.05) is 34.1 Å². The van der Waals surface area contributed by atoms with E-state index in [2.05, 4.69) is 10.2 Å². The van der Waals surface area contributed by atoms with Gasteiger partial charge in [0, 0.05) is 40.9 Å². The Bertz CT molecular complexity index is 1180. The van der Waals surface area contributed by atoms with E-state index in [1.165, 1.54) is 4.90 Å². The van der Waals surface area contributed by atoms with Crippen molar-refractivity contribution in [1.82, 2.24) is 0 Å². The summed E-state index contributed by atoms with van der Waals surface area (Å²) >= 11 is 6.79.